The molecule has 14 heavy (non-hydrogen) atoms. The fraction of sp³-hybridized carbons (Fsp3) is 0.300. The van der Waals surface area contributed by atoms with Gasteiger partial charge in [-0.1, -0.05) is 0 Å². The van der Waals surface area contributed by atoms with Crippen LogP contribution in [-0.2, 0) is 13.7 Å². The normalized spacial score (nSPS) is 12.7. The molecule has 3 heterocycles. The van der Waals surface area contributed by atoms with E-state index < -0.39 is 0 Å². The highest BCUT2D eigenvalue weighted by Gasteiger charge is 2.35. The van der Waals surface area contributed by atoms with Crippen LogP contribution < -0.4 is 9.13 Å². The van der Waals surface area contributed by atoms with Crippen LogP contribution in [0.3, 0.4) is 0 Å². The van der Waals surface area contributed by atoms with Gasteiger partial charge in [0.05, 0.1) is 11.8 Å². The predicted molar refractivity (Wildman–Crippen MR) is 49.2 cm³/mol. The summed E-state index contributed by atoms with van der Waals surface area (Å²) in [7, 11) is 2.06. The van der Waals surface area contributed by atoms with Crippen LogP contribution in [0.25, 0.3) is 11.5 Å². The van der Waals surface area contributed by atoms with Gasteiger partial charge in [-0.05, 0) is 6.92 Å². The summed E-state index contributed by atoms with van der Waals surface area (Å²) in [5, 5.41) is 4.43. The number of hydrogen-bond donors (Lipinski definition) is 0. The number of nitrogens with zero attached hydrogens (tertiary/aromatic N) is 4. The maximum absolute atomic E-state index is 4.43. The summed E-state index contributed by atoms with van der Waals surface area (Å²) in [6.45, 7) is 2.85. The Morgan fingerprint density at radius 1 is 1.43 bits per heavy atom. The first-order valence-electron chi connectivity index (χ1n) is 4.68. The molecular weight excluding hydrogens is 176 g/mol. The van der Waals surface area contributed by atoms with Crippen molar-refractivity contribution in [3.05, 3.63) is 30.2 Å². The third kappa shape index (κ3) is 0.852. The first kappa shape index (κ1) is 7.67. The zero-order valence-corrected chi connectivity index (χ0v) is 8.31. The lowest BCUT2D eigenvalue weighted by atomic mass is 10.3. The van der Waals surface area contributed by atoms with Crippen LogP contribution >= 0.6 is 0 Å². The Morgan fingerprint density at radius 2 is 2.29 bits per heavy atom. The highest BCUT2D eigenvalue weighted by atomic mass is 15.4. The lowest BCUT2D eigenvalue weighted by Crippen LogP contribution is -2.45. The van der Waals surface area contributed by atoms with E-state index in [2.05, 4.69) is 39.7 Å². The van der Waals surface area contributed by atoms with Crippen molar-refractivity contribution in [1.29, 1.82) is 0 Å². The summed E-state index contributed by atoms with van der Waals surface area (Å²) >= 11 is 0. The summed E-state index contributed by atoms with van der Waals surface area (Å²) in [6.07, 6.45) is 4.14. The molecule has 4 nitrogen and oxygen atoms in total. The molecule has 0 radical (unpaired) electrons. The fourth-order valence-corrected chi connectivity index (χ4v) is 2.03. The summed E-state index contributed by atoms with van der Waals surface area (Å²) in [4.78, 5) is 0. The maximum atomic E-state index is 4.43. The molecule has 0 atom stereocenters. The molecule has 2 aromatic heterocycles. The van der Waals surface area contributed by atoms with Gasteiger partial charge in [0.15, 0.2) is 12.4 Å². The minimum absolute atomic E-state index is 0.827. The average Bonchev–Trinajstić information content (AvgIpc) is 2.60. The van der Waals surface area contributed by atoms with Crippen LogP contribution in [0.5, 0.6) is 0 Å². The van der Waals surface area contributed by atoms with Gasteiger partial charge in [0.25, 0.3) is 0 Å². The van der Waals surface area contributed by atoms with Crippen molar-refractivity contribution in [3.63, 3.8) is 0 Å². The molecule has 0 amide bonds. The largest absolute Gasteiger partial charge is 0.471 e. The monoisotopic (exact) mass is 188 g/mol. The molecule has 0 spiro atoms. The lowest BCUT2D eigenvalue weighted by Gasteiger charge is -1.89. The average molecular weight is 188 g/mol. The molecule has 1 aliphatic rings. The minimum atomic E-state index is 0.827. The standard InChI is InChI=1S/C10H12N4/c1-8-6-9-10-12(2)4-3-5-13(10)7-14(9)11-8/h3-6H,7H2,1-2H3/q+2. The van der Waals surface area contributed by atoms with Crippen LogP contribution in [0.15, 0.2) is 24.5 Å². The quantitative estimate of drug-likeness (QED) is 0.448. The van der Waals surface area contributed by atoms with Gasteiger partial charge in [-0.2, -0.15) is 9.78 Å². The number of aromatic nitrogens is 4. The van der Waals surface area contributed by atoms with Crippen LogP contribution in [0.1, 0.15) is 5.69 Å². The highest BCUT2D eigenvalue weighted by molar-refractivity contribution is 5.45. The molecule has 1 aliphatic heterocycles. The molecular formula is C10H12N4+2. The molecule has 4 heteroatoms. The van der Waals surface area contributed by atoms with Crippen LogP contribution in [-0.4, -0.2) is 9.78 Å². The maximum Gasteiger partial charge on any atom is 0.471 e. The van der Waals surface area contributed by atoms with Crippen LogP contribution in [0.2, 0.25) is 0 Å². The first-order valence-corrected chi connectivity index (χ1v) is 4.68. The van der Waals surface area contributed by atoms with E-state index in [1.807, 2.05) is 17.7 Å². The van der Waals surface area contributed by atoms with E-state index in [1.165, 1.54) is 11.5 Å². The summed E-state index contributed by atoms with van der Waals surface area (Å²) in [6, 6.07) is 4.17. The van der Waals surface area contributed by atoms with Gasteiger partial charge in [-0.15, -0.1) is 9.13 Å². The van der Waals surface area contributed by atoms with E-state index >= 15 is 0 Å². The van der Waals surface area contributed by atoms with Gasteiger partial charge in [0.2, 0.25) is 12.4 Å². The van der Waals surface area contributed by atoms with Gasteiger partial charge < -0.3 is 0 Å². The summed E-state index contributed by atoms with van der Waals surface area (Å²) < 4.78 is 6.35. The summed E-state index contributed by atoms with van der Waals surface area (Å²) in [5.41, 5.74) is 2.28. The van der Waals surface area contributed by atoms with E-state index in [9.17, 15) is 0 Å². The lowest BCUT2D eigenvalue weighted by molar-refractivity contribution is -0.793. The van der Waals surface area contributed by atoms with Crippen LogP contribution in [0, 0.1) is 6.92 Å². The third-order valence-electron chi connectivity index (χ3n) is 2.60. The Morgan fingerprint density at radius 3 is 3.14 bits per heavy atom. The molecule has 0 saturated heterocycles. The van der Waals surface area contributed by atoms with Crippen molar-refractivity contribution in [3.8, 4) is 11.5 Å². The van der Waals surface area contributed by atoms with Crippen LogP contribution in [0.4, 0.5) is 0 Å². The molecule has 0 bridgehead atoms. The highest BCUT2D eigenvalue weighted by Crippen LogP contribution is 2.17. The number of rotatable bonds is 0. The van der Waals surface area contributed by atoms with E-state index in [4.69, 9.17) is 0 Å². The first-order chi connectivity index (χ1) is 6.75. The number of fused-ring (bicyclic) bond motifs is 3. The second kappa shape index (κ2) is 2.41. The Bertz CT molecular complexity index is 513. The Hall–Kier alpha value is -1.71. The molecule has 0 N–H and O–H groups in total. The minimum Gasteiger partial charge on any atom is -0.191 e. The predicted octanol–water partition coefficient (Wildman–Crippen LogP) is -0.210. The number of aryl methyl sites for hydroxylation is 2. The molecule has 0 fully saturated rings. The molecule has 70 valence electrons. The zero-order valence-electron chi connectivity index (χ0n) is 8.31. The van der Waals surface area contributed by atoms with Crippen molar-refractivity contribution in [2.45, 2.75) is 13.6 Å². The molecule has 0 unspecified atom stereocenters. The SMILES string of the molecule is Cc1cc2n(n1)C[n+]1ccc[n+](C)c1-2. The van der Waals surface area contributed by atoms with Crippen molar-refractivity contribution in [2.75, 3.05) is 0 Å². The van der Waals surface area contributed by atoms with E-state index in [1.54, 1.807) is 0 Å². The van der Waals surface area contributed by atoms with Gasteiger partial charge >= 0.3 is 5.82 Å². The van der Waals surface area contributed by atoms with Gasteiger partial charge in [-0.3, -0.25) is 0 Å². The van der Waals surface area contributed by atoms with Crippen molar-refractivity contribution < 1.29 is 9.13 Å². The second-order valence-electron chi connectivity index (χ2n) is 3.71. The van der Waals surface area contributed by atoms with Gasteiger partial charge in [-0.25, -0.2) is 0 Å². The Labute approximate surface area is 82.0 Å². The Kier molecular flexibility index (Phi) is 1.32. The smallest absolute Gasteiger partial charge is 0.191 e. The molecule has 0 aromatic carbocycles. The molecule has 0 saturated carbocycles. The third-order valence-corrected chi connectivity index (χ3v) is 2.60. The van der Waals surface area contributed by atoms with Crippen molar-refractivity contribution in [2.24, 2.45) is 7.05 Å². The van der Waals surface area contributed by atoms with E-state index in [0.717, 1.165) is 12.4 Å². The van der Waals surface area contributed by atoms with E-state index in [0.29, 0.717) is 0 Å². The molecule has 0 aliphatic carbocycles. The topological polar surface area (TPSA) is 25.6 Å². The zero-order chi connectivity index (χ0) is 9.71. The van der Waals surface area contributed by atoms with Gasteiger partial charge in [0, 0.05) is 6.07 Å². The number of hydrogen-bond acceptors (Lipinski definition) is 1. The molecule has 2 aromatic rings. The molecule has 3 rings (SSSR count). The van der Waals surface area contributed by atoms with E-state index in [-0.39, 0.29) is 0 Å². The second-order valence-corrected chi connectivity index (χ2v) is 3.71. The summed E-state index contributed by atoms with van der Waals surface area (Å²) in [5.74, 6) is 1.22. The van der Waals surface area contributed by atoms with Crippen molar-refractivity contribution in [1.82, 2.24) is 9.78 Å². The Balaban J connectivity index is 2.33. The fourth-order valence-electron chi connectivity index (χ4n) is 2.03. The van der Waals surface area contributed by atoms with Gasteiger partial charge in [0.1, 0.15) is 7.05 Å². The van der Waals surface area contributed by atoms with Crippen molar-refractivity contribution >= 4 is 0 Å².